The summed E-state index contributed by atoms with van der Waals surface area (Å²) in [5, 5.41) is 2.70. The number of benzene rings is 1. The van der Waals surface area contributed by atoms with Crippen molar-refractivity contribution in [3.63, 3.8) is 0 Å². The van der Waals surface area contributed by atoms with Gasteiger partial charge in [-0.15, -0.1) is 0 Å². The predicted octanol–water partition coefficient (Wildman–Crippen LogP) is 1.88. The van der Waals surface area contributed by atoms with Gasteiger partial charge < -0.3 is 11.1 Å². The van der Waals surface area contributed by atoms with Crippen LogP contribution in [0.2, 0.25) is 0 Å². The molecule has 0 spiro atoms. The highest BCUT2D eigenvalue weighted by molar-refractivity contribution is 6.21. The molecule has 18 heavy (non-hydrogen) atoms. The molecule has 1 aromatic rings. The summed E-state index contributed by atoms with van der Waals surface area (Å²) in [5.41, 5.74) is 6.72. The van der Waals surface area contributed by atoms with Gasteiger partial charge in [-0.1, -0.05) is 25.8 Å². The van der Waals surface area contributed by atoms with Gasteiger partial charge in [0.05, 0.1) is 5.69 Å². The second-order valence-corrected chi connectivity index (χ2v) is 4.41. The number of anilines is 2. The Labute approximate surface area is 106 Å². The molecule has 1 aromatic carbocycles. The molecule has 3 N–H and O–H groups in total. The predicted molar refractivity (Wildman–Crippen MR) is 70.2 cm³/mol. The number of nitrogen functional groups attached to an aromatic ring is 1. The number of nitrogens with zero attached hydrogens (tertiary/aromatic N) is 1. The monoisotopic (exact) mass is 247 g/mol. The Hall–Kier alpha value is -2.04. The molecule has 3 amide bonds. The van der Waals surface area contributed by atoms with Gasteiger partial charge >= 0.3 is 6.03 Å². The topological polar surface area (TPSA) is 75.4 Å². The van der Waals surface area contributed by atoms with Crippen molar-refractivity contribution in [3.05, 3.63) is 24.3 Å². The quantitative estimate of drug-likeness (QED) is 0.630. The summed E-state index contributed by atoms with van der Waals surface area (Å²) in [5.74, 6) is -0.195. The van der Waals surface area contributed by atoms with Crippen LogP contribution >= 0.6 is 0 Å². The second kappa shape index (κ2) is 5.08. The summed E-state index contributed by atoms with van der Waals surface area (Å²) in [6.45, 7) is 2.05. The number of hydrogen-bond donors (Lipinski definition) is 2. The number of nitrogens with one attached hydrogen (secondary N) is 1. The van der Waals surface area contributed by atoms with Crippen LogP contribution in [0.3, 0.4) is 0 Å². The van der Waals surface area contributed by atoms with E-state index in [1.165, 1.54) is 0 Å². The van der Waals surface area contributed by atoms with E-state index in [1.807, 2.05) is 0 Å². The molecule has 5 nitrogen and oxygen atoms in total. The maximum atomic E-state index is 12.1. The van der Waals surface area contributed by atoms with Crippen molar-refractivity contribution in [2.75, 3.05) is 10.6 Å². The van der Waals surface area contributed by atoms with E-state index in [0.717, 1.165) is 17.7 Å². The fourth-order valence-corrected chi connectivity index (χ4v) is 2.04. The molecule has 0 aliphatic carbocycles. The van der Waals surface area contributed by atoms with Gasteiger partial charge in [0, 0.05) is 5.69 Å². The molecule has 96 valence electrons. The van der Waals surface area contributed by atoms with Gasteiger partial charge in [-0.05, 0) is 24.6 Å². The van der Waals surface area contributed by atoms with Crippen molar-refractivity contribution in [1.29, 1.82) is 0 Å². The normalized spacial score (nSPS) is 19.2. The molecule has 5 heteroatoms. The Balaban J connectivity index is 2.19. The number of urea groups is 1. The van der Waals surface area contributed by atoms with E-state index in [0.29, 0.717) is 17.8 Å². The van der Waals surface area contributed by atoms with Gasteiger partial charge in [0.25, 0.3) is 5.91 Å². The number of carbonyl (C=O) groups excluding carboxylic acids is 2. The Kier molecular flexibility index (Phi) is 3.50. The molecule has 1 aliphatic rings. The van der Waals surface area contributed by atoms with Gasteiger partial charge in [0.15, 0.2) is 0 Å². The third kappa shape index (κ3) is 2.30. The SMILES string of the molecule is CCCCC1NC(=O)N(c2cccc(N)c2)C1=O. The lowest BCUT2D eigenvalue weighted by Gasteiger charge is -2.13. The van der Waals surface area contributed by atoms with Crippen LogP contribution in [0.1, 0.15) is 26.2 Å². The maximum Gasteiger partial charge on any atom is 0.329 e. The summed E-state index contributed by atoms with van der Waals surface area (Å²) in [4.78, 5) is 25.1. The highest BCUT2D eigenvalue weighted by Crippen LogP contribution is 2.23. The lowest BCUT2D eigenvalue weighted by Crippen LogP contribution is -2.31. The standard InChI is InChI=1S/C13H17N3O2/c1-2-3-7-11-12(17)16(13(18)15-11)10-6-4-5-9(14)8-10/h4-6,8,11H,2-3,7,14H2,1H3,(H,15,18). The average Bonchev–Trinajstić information content (AvgIpc) is 2.62. The smallest absolute Gasteiger partial charge is 0.329 e. The molecule has 2 rings (SSSR count). The number of amides is 3. The zero-order valence-corrected chi connectivity index (χ0v) is 10.3. The lowest BCUT2D eigenvalue weighted by atomic mass is 10.1. The zero-order chi connectivity index (χ0) is 13.1. The Morgan fingerprint density at radius 1 is 1.39 bits per heavy atom. The highest BCUT2D eigenvalue weighted by Gasteiger charge is 2.38. The molecular formula is C13H17N3O2. The van der Waals surface area contributed by atoms with E-state index in [-0.39, 0.29) is 11.9 Å². The van der Waals surface area contributed by atoms with Gasteiger partial charge in [0.2, 0.25) is 0 Å². The molecule has 1 saturated heterocycles. The average molecular weight is 247 g/mol. The maximum absolute atomic E-state index is 12.1. The lowest BCUT2D eigenvalue weighted by molar-refractivity contribution is -0.118. The molecule has 1 aliphatic heterocycles. The number of imide groups is 1. The van der Waals surface area contributed by atoms with Gasteiger partial charge in [0.1, 0.15) is 6.04 Å². The largest absolute Gasteiger partial charge is 0.399 e. The van der Waals surface area contributed by atoms with Gasteiger partial charge in [-0.2, -0.15) is 0 Å². The first-order valence-corrected chi connectivity index (χ1v) is 6.13. The molecule has 0 saturated carbocycles. The van der Waals surface area contributed by atoms with E-state index in [9.17, 15) is 9.59 Å². The van der Waals surface area contributed by atoms with Crippen molar-refractivity contribution < 1.29 is 9.59 Å². The molecule has 0 radical (unpaired) electrons. The third-order valence-corrected chi connectivity index (χ3v) is 2.99. The minimum absolute atomic E-state index is 0.195. The second-order valence-electron chi connectivity index (χ2n) is 4.41. The molecular weight excluding hydrogens is 230 g/mol. The molecule has 0 aromatic heterocycles. The zero-order valence-electron chi connectivity index (χ0n) is 10.3. The Bertz CT molecular complexity index is 473. The number of nitrogens with two attached hydrogens (primary N) is 1. The summed E-state index contributed by atoms with van der Waals surface area (Å²) in [6.07, 6.45) is 2.60. The van der Waals surface area contributed by atoms with Crippen LogP contribution in [0.5, 0.6) is 0 Å². The van der Waals surface area contributed by atoms with Crippen LogP contribution in [0.15, 0.2) is 24.3 Å². The molecule has 1 atom stereocenters. The number of unbranched alkanes of at least 4 members (excludes halogenated alkanes) is 1. The number of carbonyl (C=O) groups is 2. The fourth-order valence-electron chi connectivity index (χ4n) is 2.04. The fraction of sp³-hybridized carbons (Fsp3) is 0.385. The Morgan fingerprint density at radius 3 is 2.83 bits per heavy atom. The van der Waals surface area contributed by atoms with E-state index < -0.39 is 6.04 Å². The van der Waals surface area contributed by atoms with Crippen LogP contribution in [-0.2, 0) is 4.79 Å². The number of hydrogen-bond acceptors (Lipinski definition) is 3. The minimum atomic E-state index is -0.404. The van der Waals surface area contributed by atoms with E-state index in [2.05, 4.69) is 12.2 Å². The first-order chi connectivity index (χ1) is 8.63. The summed E-state index contributed by atoms with van der Waals surface area (Å²) >= 11 is 0. The summed E-state index contributed by atoms with van der Waals surface area (Å²) in [7, 11) is 0. The van der Waals surface area contributed by atoms with Crippen LogP contribution in [0.4, 0.5) is 16.2 Å². The highest BCUT2D eigenvalue weighted by atomic mass is 16.2. The van der Waals surface area contributed by atoms with Crippen LogP contribution in [-0.4, -0.2) is 18.0 Å². The molecule has 1 heterocycles. The molecule has 0 bridgehead atoms. The van der Waals surface area contributed by atoms with Gasteiger partial charge in [-0.3, -0.25) is 4.79 Å². The third-order valence-electron chi connectivity index (χ3n) is 2.99. The Morgan fingerprint density at radius 2 is 2.17 bits per heavy atom. The minimum Gasteiger partial charge on any atom is -0.399 e. The van der Waals surface area contributed by atoms with Crippen molar-refractivity contribution in [2.24, 2.45) is 0 Å². The van der Waals surface area contributed by atoms with E-state index in [4.69, 9.17) is 5.73 Å². The van der Waals surface area contributed by atoms with E-state index >= 15 is 0 Å². The summed E-state index contributed by atoms with van der Waals surface area (Å²) in [6, 6.07) is 6.00. The van der Waals surface area contributed by atoms with Crippen LogP contribution < -0.4 is 16.0 Å². The van der Waals surface area contributed by atoms with Crippen molar-refractivity contribution in [3.8, 4) is 0 Å². The van der Waals surface area contributed by atoms with Crippen molar-refractivity contribution >= 4 is 23.3 Å². The van der Waals surface area contributed by atoms with Crippen molar-refractivity contribution in [2.45, 2.75) is 32.2 Å². The van der Waals surface area contributed by atoms with Crippen molar-refractivity contribution in [1.82, 2.24) is 5.32 Å². The van der Waals surface area contributed by atoms with Gasteiger partial charge in [-0.25, -0.2) is 9.69 Å². The van der Waals surface area contributed by atoms with Crippen LogP contribution in [0, 0.1) is 0 Å². The van der Waals surface area contributed by atoms with E-state index in [1.54, 1.807) is 24.3 Å². The number of rotatable bonds is 4. The first-order valence-electron chi connectivity index (χ1n) is 6.13. The summed E-state index contributed by atoms with van der Waals surface area (Å²) < 4.78 is 0. The molecule has 1 fully saturated rings. The van der Waals surface area contributed by atoms with Crippen LogP contribution in [0.25, 0.3) is 0 Å². The first kappa shape index (κ1) is 12.4. The molecule has 1 unspecified atom stereocenters.